The van der Waals surface area contributed by atoms with Gasteiger partial charge < -0.3 is 5.11 Å². The van der Waals surface area contributed by atoms with E-state index in [-0.39, 0.29) is 0 Å². The highest BCUT2D eigenvalue weighted by Gasteiger charge is 2.08. The number of hydrogen-bond donors (Lipinski definition) is 1. The lowest BCUT2D eigenvalue weighted by atomic mass is 9.90. The summed E-state index contributed by atoms with van der Waals surface area (Å²) in [5.74, 6) is 0.996. The van der Waals surface area contributed by atoms with Gasteiger partial charge in [-0.15, -0.1) is 0 Å². The number of aliphatic hydroxyl groups is 1. The predicted octanol–water partition coefficient (Wildman–Crippen LogP) is 6.10. The highest BCUT2D eigenvalue weighted by Crippen LogP contribution is 2.23. The Morgan fingerprint density at radius 3 is 1.47 bits per heavy atom. The minimum absolute atomic E-state index is 0.372. The molecule has 0 saturated carbocycles. The average molecular weight is 271 g/mol. The van der Waals surface area contributed by atoms with Crippen LogP contribution in [0.4, 0.5) is 0 Å². The molecule has 1 nitrogen and oxygen atoms in total. The molecule has 0 aliphatic heterocycles. The first-order valence-electron chi connectivity index (χ1n) is 8.96. The van der Waals surface area contributed by atoms with E-state index < -0.39 is 0 Å². The number of unbranched alkanes of at least 4 members (excludes halogenated alkanes) is 8. The first-order valence-corrected chi connectivity index (χ1v) is 8.96. The van der Waals surface area contributed by atoms with Crippen LogP contribution in [-0.4, -0.2) is 11.7 Å². The van der Waals surface area contributed by atoms with Crippen molar-refractivity contribution in [1.29, 1.82) is 0 Å². The molecule has 1 N–H and O–H groups in total. The molecule has 0 unspecified atom stereocenters. The van der Waals surface area contributed by atoms with Crippen molar-refractivity contribution >= 4 is 0 Å². The van der Waals surface area contributed by atoms with Crippen LogP contribution in [0.15, 0.2) is 0 Å². The van der Waals surface area contributed by atoms with Crippen molar-refractivity contribution < 1.29 is 5.11 Å². The second-order valence-electron chi connectivity index (χ2n) is 6.14. The molecule has 0 heterocycles. The fraction of sp³-hybridized carbons (Fsp3) is 1.00. The maximum Gasteiger partial charge on any atom is 0.0431 e. The van der Waals surface area contributed by atoms with Crippen molar-refractivity contribution in [2.45, 2.75) is 104 Å². The molecule has 0 aromatic rings. The Bertz CT molecular complexity index is 146. The molecule has 0 bridgehead atoms. The van der Waals surface area contributed by atoms with E-state index in [2.05, 4.69) is 13.8 Å². The summed E-state index contributed by atoms with van der Waals surface area (Å²) in [5, 5.41) is 8.75. The van der Waals surface area contributed by atoms with Gasteiger partial charge in [0.15, 0.2) is 0 Å². The molecule has 0 aliphatic carbocycles. The third-order valence-electron chi connectivity index (χ3n) is 4.20. The minimum atomic E-state index is 0.372. The van der Waals surface area contributed by atoms with Gasteiger partial charge in [-0.25, -0.2) is 0 Å². The van der Waals surface area contributed by atoms with Gasteiger partial charge in [0.05, 0.1) is 0 Å². The van der Waals surface area contributed by atoms with Crippen LogP contribution in [0.25, 0.3) is 0 Å². The second kappa shape index (κ2) is 16.0. The van der Waals surface area contributed by atoms with E-state index in [1.165, 1.54) is 83.5 Å². The zero-order chi connectivity index (χ0) is 14.2. The Morgan fingerprint density at radius 2 is 1.00 bits per heavy atom. The molecule has 1 heteroatoms. The molecule has 19 heavy (non-hydrogen) atoms. The van der Waals surface area contributed by atoms with Gasteiger partial charge in [0.25, 0.3) is 0 Å². The largest absolute Gasteiger partial charge is 0.396 e. The van der Waals surface area contributed by atoms with Crippen molar-refractivity contribution in [3.05, 3.63) is 0 Å². The Kier molecular flexibility index (Phi) is 16.0. The van der Waals surface area contributed by atoms with Gasteiger partial charge in [0.1, 0.15) is 0 Å². The number of aliphatic hydroxyl groups excluding tert-OH is 1. The molecule has 0 aliphatic rings. The Balaban J connectivity index is 3.58. The van der Waals surface area contributed by atoms with Crippen LogP contribution in [0, 0.1) is 5.92 Å². The topological polar surface area (TPSA) is 20.2 Å². The molecule has 0 amide bonds. The first-order chi connectivity index (χ1) is 9.35. The molecule has 0 atom stereocenters. The van der Waals surface area contributed by atoms with E-state index in [9.17, 15) is 0 Å². The van der Waals surface area contributed by atoms with E-state index in [4.69, 9.17) is 5.11 Å². The summed E-state index contributed by atoms with van der Waals surface area (Å²) in [6.45, 7) is 4.97. The third-order valence-corrected chi connectivity index (χ3v) is 4.20. The van der Waals surface area contributed by atoms with Crippen LogP contribution in [-0.2, 0) is 0 Å². The van der Waals surface area contributed by atoms with Gasteiger partial charge in [0.2, 0.25) is 0 Å². The highest BCUT2D eigenvalue weighted by atomic mass is 16.2. The van der Waals surface area contributed by atoms with Crippen molar-refractivity contribution in [3.63, 3.8) is 0 Å². The standard InChI is InChI=1S/C18H38O/c1-3-5-10-14-18(15-11-6-4-2)16-12-8-7-9-13-17-19/h18-19H,3-17H2,1-2H3. The van der Waals surface area contributed by atoms with Crippen molar-refractivity contribution in [3.8, 4) is 0 Å². The molecular formula is C18H38O. The van der Waals surface area contributed by atoms with Gasteiger partial charge in [-0.2, -0.15) is 0 Å². The summed E-state index contributed by atoms with van der Waals surface area (Å²) in [6.07, 6.45) is 19.1. The molecule has 116 valence electrons. The van der Waals surface area contributed by atoms with E-state index >= 15 is 0 Å². The van der Waals surface area contributed by atoms with Gasteiger partial charge in [-0.1, -0.05) is 97.3 Å². The molecule has 0 aromatic carbocycles. The molecule has 0 aromatic heterocycles. The Hall–Kier alpha value is -0.0400. The van der Waals surface area contributed by atoms with Crippen LogP contribution in [0.2, 0.25) is 0 Å². The smallest absolute Gasteiger partial charge is 0.0431 e. The maximum atomic E-state index is 8.75. The van der Waals surface area contributed by atoms with Crippen LogP contribution < -0.4 is 0 Å². The average Bonchev–Trinajstić information content (AvgIpc) is 2.42. The maximum absolute atomic E-state index is 8.75. The zero-order valence-electron chi connectivity index (χ0n) is 13.6. The summed E-state index contributed by atoms with van der Waals surface area (Å²) in [4.78, 5) is 0. The number of hydrogen-bond acceptors (Lipinski definition) is 1. The first kappa shape index (κ1) is 19.0. The Morgan fingerprint density at radius 1 is 0.579 bits per heavy atom. The second-order valence-corrected chi connectivity index (χ2v) is 6.14. The molecule has 0 rings (SSSR count). The van der Waals surface area contributed by atoms with Crippen LogP contribution in [0.1, 0.15) is 104 Å². The summed E-state index contributed by atoms with van der Waals surface area (Å²) in [7, 11) is 0. The molecule has 0 saturated heterocycles. The summed E-state index contributed by atoms with van der Waals surface area (Å²) in [6, 6.07) is 0. The highest BCUT2D eigenvalue weighted by molar-refractivity contribution is 4.61. The normalized spacial score (nSPS) is 11.4. The Labute approximate surface area is 122 Å². The summed E-state index contributed by atoms with van der Waals surface area (Å²) >= 11 is 0. The van der Waals surface area contributed by atoms with E-state index in [1.807, 2.05) is 0 Å². The van der Waals surface area contributed by atoms with Crippen LogP contribution in [0.5, 0.6) is 0 Å². The van der Waals surface area contributed by atoms with Gasteiger partial charge in [-0.05, 0) is 12.3 Å². The van der Waals surface area contributed by atoms with E-state index in [1.54, 1.807) is 0 Å². The van der Waals surface area contributed by atoms with Gasteiger partial charge in [0, 0.05) is 6.61 Å². The predicted molar refractivity (Wildman–Crippen MR) is 86.6 cm³/mol. The van der Waals surface area contributed by atoms with Gasteiger partial charge >= 0.3 is 0 Å². The zero-order valence-corrected chi connectivity index (χ0v) is 13.6. The molecular weight excluding hydrogens is 232 g/mol. The van der Waals surface area contributed by atoms with Crippen LogP contribution >= 0.6 is 0 Å². The lowest BCUT2D eigenvalue weighted by Crippen LogP contribution is -2.01. The molecule has 0 radical (unpaired) electrons. The SMILES string of the molecule is CCCCCC(CCCCC)CCCCCCCO. The summed E-state index contributed by atoms with van der Waals surface area (Å²) in [5.41, 5.74) is 0. The molecule has 0 spiro atoms. The van der Waals surface area contributed by atoms with E-state index in [0.717, 1.165) is 12.3 Å². The minimum Gasteiger partial charge on any atom is -0.396 e. The van der Waals surface area contributed by atoms with Crippen LogP contribution in [0.3, 0.4) is 0 Å². The lowest BCUT2D eigenvalue weighted by Gasteiger charge is -2.16. The molecule has 0 fully saturated rings. The monoisotopic (exact) mass is 270 g/mol. The third kappa shape index (κ3) is 14.2. The van der Waals surface area contributed by atoms with Crippen molar-refractivity contribution in [1.82, 2.24) is 0 Å². The van der Waals surface area contributed by atoms with Crippen molar-refractivity contribution in [2.75, 3.05) is 6.61 Å². The van der Waals surface area contributed by atoms with Crippen molar-refractivity contribution in [2.24, 2.45) is 5.92 Å². The fourth-order valence-electron chi connectivity index (χ4n) is 2.87. The lowest BCUT2D eigenvalue weighted by molar-refractivity contribution is 0.281. The van der Waals surface area contributed by atoms with Gasteiger partial charge in [-0.3, -0.25) is 0 Å². The van der Waals surface area contributed by atoms with E-state index in [0.29, 0.717) is 6.61 Å². The summed E-state index contributed by atoms with van der Waals surface area (Å²) < 4.78 is 0. The quantitative estimate of drug-likeness (QED) is 0.357. The fourth-order valence-corrected chi connectivity index (χ4v) is 2.87. The number of rotatable bonds is 15.